The molecule has 0 spiro atoms. The smallest absolute Gasteiger partial charge is 0.0716 e. The second kappa shape index (κ2) is 8.08. The summed E-state index contributed by atoms with van der Waals surface area (Å²) in [6, 6.07) is 10.1. The highest BCUT2D eigenvalue weighted by atomic mass is 16.5. The summed E-state index contributed by atoms with van der Waals surface area (Å²) in [5.74, 6) is 0. The quantitative estimate of drug-likeness (QED) is 0.565. The Morgan fingerprint density at radius 3 is 2.75 bits per heavy atom. The first-order valence-electron chi connectivity index (χ1n) is 5.74. The molecule has 0 saturated heterocycles. The first-order chi connectivity index (χ1) is 7.83. The van der Waals surface area contributed by atoms with Gasteiger partial charge in [-0.05, 0) is 25.3 Å². The molecule has 16 heavy (non-hydrogen) atoms. The lowest BCUT2D eigenvalue weighted by atomic mass is 10.2. The summed E-state index contributed by atoms with van der Waals surface area (Å²) >= 11 is 0. The lowest BCUT2D eigenvalue weighted by Crippen LogP contribution is -2.09. The average molecular weight is 220 g/mol. The number of ether oxygens (including phenoxy) is 1. The van der Waals surface area contributed by atoms with Crippen LogP contribution < -0.4 is 0 Å². The molecule has 1 aromatic rings. The van der Waals surface area contributed by atoms with Gasteiger partial charge in [0.2, 0.25) is 0 Å². The van der Waals surface area contributed by atoms with Gasteiger partial charge in [-0.3, -0.25) is 0 Å². The van der Waals surface area contributed by atoms with Gasteiger partial charge in [0.25, 0.3) is 0 Å². The van der Waals surface area contributed by atoms with E-state index in [1.54, 1.807) is 0 Å². The lowest BCUT2D eigenvalue weighted by Gasteiger charge is -2.08. The molecular weight excluding hydrogens is 200 g/mol. The summed E-state index contributed by atoms with van der Waals surface area (Å²) in [5.41, 5.74) is 1.17. The number of rotatable bonds is 7. The van der Waals surface area contributed by atoms with Crippen molar-refractivity contribution in [2.75, 3.05) is 6.61 Å². The van der Waals surface area contributed by atoms with Gasteiger partial charge in [-0.1, -0.05) is 42.5 Å². The fraction of sp³-hybridized carbons (Fsp3) is 0.429. The molecule has 0 saturated carbocycles. The molecule has 0 aliphatic carbocycles. The summed E-state index contributed by atoms with van der Waals surface area (Å²) in [6.07, 6.45) is 5.05. The van der Waals surface area contributed by atoms with Crippen molar-refractivity contribution in [2.24, 2.45) is 0 Å². The van der Waals surface area contributed by atoms with Crippen LogP contribution in [0.25, 0.3) is 0 Å². The zero-order valence-electron chi connectivity index (χ0n) is 9.80. The van der Waals surface area contributed by atoms with Gasteiger partial charge in [0, 0.05) is 6.61 Å². The van der Waals surface area contributed by atoms with Crippen LogP contribution in [0.3, 0.4) is 0 Å². The molecular formula is C14H20O2. The van der Waals surface area contributed by atoms with Crippen molar-refractivity contribution in [2.45, 2.75) is 32.5 Å². The van der Waals surface area contributed by atoms with Crippen LogP contribution in [0, 0.1) is 0 Å². The maximum absolute atomic E-state index is 9.55. The van der Waals surface area contributed by atoms with Gasteiger partial charge in [-0.25, -0.2) is 0 Å². The standard InChI is InChI=1S/C14H20O2/c1-2-3-9-14(15)10-11-16-12-13-7-5-4-6-8-13/h2-8,14-15H,9-12H2,1H3/b3-2+/t14-/m1/s1. The first kappa shape index (κ1) is 12.9. The van der Waals surface area contributed by atoms with Gasteiger partial charge in [0.1, 0.15) is 0 Å². The van der Waals surface area contributed by atoms with Crippen LogP contribution in [0.2, 0.25) is 0 Å². The van der Waals surface area contributed by atoms with Crippen LogP contribution in [0.1, 0.15) is 25.3 Å². The molecule has 0 aliphatic rings. The summed E-state index contributed by atoms with van der Waals surface area (Å²) in [7, 11) is 0. The van der Waals surface area contributed by atoms with E-state index < -0.39 is 0 Å². The van der Waals surface area contributed by atoms with Crippen LogP contribution in [-0.4, -0.2) is 17.8 Å². The molecule has 1 aromatic carbocycles. The molecule has 0 unspecified atom stereocenters. The minimum absolute atomic E-state index is 0.285. The fourth-order valence-corrected chi connectivity index (χ4v) is 1.39. The van der Waals surface area contributed by atoms with E-state index in [9.17, 15) is 5.11 Å². The maximum Gasteiger partial charge on any atom is 0.0716 e. The molecule has 88 valence electrons. The molecule has 0 heterocycles. The third-order valence-electron chi connectivity index (χ3n) is 2.35. The lowest BCUT2D eigenvalue weighted by molar-refractivity contribution is 0.0746. The van der Waals surface area contributed by atoms with E-state index in [1.165, 1.54) is 5.56 Å². The SMILES string of the molecule is C/C=C/C[C@@H](O)CCOCc1ccccc1. The zero-order chi connectivity index (χ0) is 11.6. The average Bonchev–Trinajstić information content (AvgIpc) is 2.33. The second-order valence-electron chi connectivity index (χ2n) is 3.79. The first-order valence-corrected chi connectivity index (χ1v) is 5.74. The van der Waals surface area contributed by atoms with Gasteiger partial charge < -0.3 is 9.84 Å². The Balaban J connectivity index is 2.08. The summed E-state index contributed by atoms with van der Waals surface area (Å²) in [4.78, 5) is 0. The van der Waals surface area contributed by atoms with Crippen molar-refractivity contribution in [1.82, 2.24) is 0 Å². The Morgan fingerprint density at radius 2 is 2.06 bits per heavy atom. The summed E-state index contributed by atoms with van der Waals surface area (Å²) in [6.45, 7) is 3.18. The van der Waals surface area contributed by atoms with Crippen LogP contribution in [0.5, 0.6) is 0 Å². The van der Waals surface area contributed by atoms with Crippen molar-refractivity contribution < 1.29 is 9.84 Å². The molecule has 0 radical (unpaired) electrons. The van der Waals surface area contributed by atoms with Crippen molar-refractivity contribution in [1.29, 1.82) is 0 Å². The highest BCUT2D eigenvalue weighted by molar-refractivity contribution is 5.13. The Kier molecular flexibility index (Phi) is 6.54. The number of aliphatic hydroxyl groups is 1. The third-order valence-corrected chi connectivity index (χ3v) is 2.35. The number of aliphatic hydroxyl groups excluding tert-OH is 1. The van der Waals surface area contributed by atoms with E-state index in [-0.39, 0.29) is 6.10 Å². The third kappa shape index (κ3) is 5.69. The van der Waals surface area contributed by atoms with Gasteiger partial charge in [0.05, 0.1) is 12.7 Å². The van der Waals surface area contributed by atoms with E-state index in [1.807, 2.05) is 49.4 Å². The topological polar surface area (TPSA) is 29.5 Å². The van der Waals surface area contributed by atoms with Gasteiger partial charge in [-0.2, -0.15) is 0 Å². The largest absolute Gasteiger partial charge is 0.393 e. The predicted molar refractivity (Wildman–Crippen MR) is 66.2 cm³/mol. The van der Waals surface area contributed by atoms with Gasteiger partial charge >= 0.3 is 0 Å². The fourth-order valence-electron chi connectivity index (χ4n) is 1.39. The Bertz CT molecular complexity index is 293. The van der Waals surface area contributed by atoms with E-state index in [0.717, 1.165) is 0 Å². The molecule has 0 amide bonds. The monoisotopic (exact) mass is 220 g/mol. The Morgan fingerprint density at radius 1 is 1.31 bits per heavy atom. The molecule has 2 nitrogen and oxygen atoms in total. The Labute approximate surface area is 97.6 Å². The van der Waals surface area contributed by atoms with E-state index >= 15 is 0 Å². The van der Waals surface area contributed by atoms with Crippen molar-refractivity contribution in [3.05, 3.63) is 48.0 Å². The number of hydrogen-bond acceptors (Lipinski definition) is 2. The minimum Gasteiger partial charge on any atom is -0.393 e. The number of hydrogen-bond donors (Lipinski definition) is 1. The van der Waals surface area contributed by atoms with Crippen molar-refractivity contribution >= 4 is 0 Å². The zero-order valence-corrected chi connectivity index (χ0v) is 9.80. The molecule has 0 fully saturated rings. The minimum atomic E-state index is -0.285. The molecule has 1 rings (SSSR count). The van der Waals surface area contributed by atoms with Gasteiger partial charge in [0.15, 0.2) is 0 Å². The van der Waals surface area contributed by atoms with Crippen LogP contribution in [-0.2, 0) is 11.3 Å². The Hall–Kier alpha value is -1.12. The number of allylic oxidation sites excluding steroid dienone is 1. The van der Waals surface area contributed by atoms with E-state index in [2.05, 4.69) is 0 Å². The molecule has 0 bridgehead atoms. The second-order valence-corrected chi connectivity index (χ2v) is 3.79. The van der Waals surface area contributed by atoms with Crippen molar-refractivity contribution in [3.63, 3.8) is 0 Å². The van der Waals surface area contributed by atoms with Crippen LogP contribution in [0.15, 0.2) is 42.5 Å². The van der Waals surface area contributed by atoms with E-state index in [4.69, 9.17) is 4.74 Å². The van der Waals surface area contributed by atoms with Crippen LogP contribution in [0.4, 0.5) is 0 Å². The molecule has 0 aromatic heterocycles. The van der Waals surface area contributed by atoms with Crippen LogP contribution >= 0.6 is 0 Å². The van der Waals surface area contributed by atoms with Crippen molar-refractivity contribution in [3.8, 4) is 0 Å². The highest BCUT2D eigenvalue weighted by Gasteiger charge is 2.01. The highest BCUT2D eigenvalue weighted by Crippen LogP contribution is 2.03. The molecule has 2 heteroatoms. The van der Waals surface area contributed by atoms with E-state index in [0.29, 0.717) is 26.1 Å². The maximum atomic E-state index is 9.55. The molecule has 0 aliphatic heterocycles. The van der Waals surface area contributed by atoms with Gasteiger partial charge in [-0.15, -0.1) is 0 Å². The number of benzene rings is 1. The summed E-state index contributed by atoms with van der Waals surface area (Å²) < 4.78 is 5.49. The normalized spacial score (nSPS) is 13.1. The predicted octanol–water partition coefficient (Wildman–Crippen LogP) is 2.92. The molecule has 1 atom stereocenters. The molecule has 1 N–H and O–H groups in total. The summed E-state index contributed by atoms with van der Waals surface area (Å²) in [5, 5.41) is 9.55.